The molecule has 4 rings (SSSR count). The number of pyridine rings is 1. The number of piperidine rings is 2. The van der Waals surface area contributed by atoms with Gasteiger partial charge in [0.1, 0.15) is 5.69 Å². The van der Waals surface area contributed by atoms with Crippen molar-refractivity contribution in [2.75, 3.05) is 20.1 Å². The second kappa shape index (κ2) is 9.13. The smallest absolute Gasteiger partial charge is 0.475 e. The number of fused-ring (bicyclic) bond motifs is 1. The number of carboxylic acid groups (broad SMARTS) is 1. The van der Waals surface area contributed by atoms with Crippen LogP contribution in [-0.2, 0) is 9.59 Å². The maximum atomic E-state index is 13.0. The third kappa shape index (κ3) is 5.00. The fraction of sp³-hybridized carbons (Fsp3) is 0.455. The first-order valence-corrected chi connectivity index (χ1v) is 10.3. The summed E-state index contributed by atoms with van der Waals surface area (Å²) in [4.78, 5) is 42.4. The van der Waals surface area contributed by atoms with Crippen LogP contribution in [0.1, 0.15) is 42.6 Å². The van der Waals surface area contributed by atoms with E-state index in [0.717, 1.165) is 43.1 Å². The lowest BCUT2D eigenvalue weighted by Gasteiger charge is -2.50. The molecule has 2 amide bonds. The number of carbonyl (C=O) groups excluding carboxylic acids is 2. The Morgan fingerprint density at radius 1 is 1.09 bits per heavy atom. The minimum absolute atomic E-state index is 0.0312. The molecular weight excluding hydrogens is 427 g/mol. The monoisotopic (exact) mass is 451 g/mol. The van der Waals surface area contributed by atoms with Gasteiger partial charge in [-0.3, -0.25) is 9.59 Å². The molecule has 0 bridgehead atoms. The van der Waals surface area contributed by atoms with Crippen molar-refractivity contribution >= 4 is 28.7 Å². The fourth-order valence-corrected chi connectivity index (χ4v) is 4.28. The molecule has 32 heavy (non-hydrogen) atoms. The van der Waals surface area contributed by atoms with E-state index in [4.69, 9.17) is 9.90 Å². The van der Waals surface area contributed by atoms with Crippen molar-refractivity contribution in [2.45, 2.75) is 43.8 Å². The number of likely N-dealkylation sites (N-methyl/N-ethyl adjacent to an activating group) is 1. The number of halogens is 3. The van der Waals surface area contributed by atoms with E-state index in [0.29, 0.717) is 18.7 Å². The molecule has 1 aromatic heterocycles. The molecule has 2 aliphatic rings. The second-order valence-corrected chi connectivity index (χ2v) is 8.05. The lowest BCUT2D eigenvalue weighted by Crippen LogP contribution is -2.61. The van der Waals surface area contributed by atoms with Crippen molar-refractivity contribution in [2.24, 2.45) is 0 Å². The fourth-order valence-electron chi connectivity index (χ4n) is 4.28. The lowest BCUT2D eigenvalue weighted by molar-refractivity contribution is -0.192. The van der Waals surface area contributed by atoms with E-state index in [2.05, 4.69) is 4.98 Å². The number of aliphatic carboxylic acids is 1. The molecule has 3 heterocycles. The summed E-state index contributed by atoms with van der Waals surface area (Å²) in [7, 11) is 1.89. The highest BCUT2D eigenvalue weighted by atomic mass is 19.4. The number of hydrogen-bond acceptors (Lipinski definition) is 4. The van der Waals surface area contributed by atoms with E-state index < -0.39 is 12.1 Å². The molecular formula is C22H24F3N3O4. The maximum absolute atomic E-state index is 13.0. The highest BCUT2D eigenvalue weighted by Gasteiger charge is 2.44. The predicted molar refractivity (Wildman–Crippen MR) is 110 cm³/mol. The largest absolute Gasteiger partial charge is 0.490 e. The molecule has 10 heteroatoms. The third-order valence-electron chi connectivity index (χ3n) is 6.02. The molecule has 1 atom stereocenters. The summed E-state index contributed by atoms with van der Waals surface area (Å²) < 4.78 is 31.7. The van der Waals surface area contributed by atoms with Crippen LogP contribution in [-0.4, -0.2) is 69.5 Å². The average Bonchev–Trinajstić information content (AvgIpc) is 2.76. The van der Waals surface area contributed by atoms with Crippen molar-refractivity contribution in [1.82, 2.24) is 14.8 Å². The van der Waals surface area contributed by atoms with Gasteiger partial charge in [-0.2, -0.15) is 13.2 Å². The van der Waals surface area contributed by atoms with Crippen LogP contribution in [0, 0.1) is 0 Å². The normalized spacial score (nSPS) is 21.3. The van der Waals surface area contributed by atoms with Crippen LogP contribution >= 0.6 is 0 Å². The molecule has 1 spiro atoms. The Kier molecular flexibility index (Phi) is 6.71. The lowest BCUT2D eigenvalue weighted by atomic mass is 9.80. The van der Waals surface area contributed by atoms with Crippen molar-refractivity contribution < 1.29 is 32.7 Å². The van der Waals surface area contributed by atoms with Gasteiger partial charge < -0.3 is 14.9 Å². The number of nitrogens with zero attached hydrogens (tertiary/aromatic N) is 3. The van der Waals surface area contributed by atoms with Gasteiger partial charge >= 0.3 is 12.1 Å². The van der Waals surface area contributed by atoms with Crippen LogP contribution in [0.4, 0.5) is 13.2 Å². The zero-order valence-electron chi connectivity index (χ0n) is 17.6. The molecule has 2 fully saturated rings. The van der Waals surface area contributed by atoms with Crippen LogP contribution in [0.5, 0.6) is 0 Å². The first-order valence-electron chi connectivity index (χ1n) is 10.3. The standard InChI is InChI=1S/C20H23N3O2.C2HF3O2/c1-22-18(24)8-4-11-20(22)12-5-13-23(14-20)19(25)17-10-9-15-6-2-3-7-16(15)21-17;3-2(4,5)1(6)7/h2-3,6-7,9-10H,4-5,8,11-14H2,1H3;(H,6,7). The molecule has 0 saturated carbocycles. The minimum atomic E-state index is -5.08. The Morgan fingerprint density at radius 3 is 2.44 bits per heavy atom. The van der Waals surface area contributed by atoms with E-state index in [1.807, 2.05) is 53.2 Å². The summed E-state index contributed by atoms with van der Waals surface area (Å²) in [5.74, 6) is -2.59. The summed E-state index contributed by atoms with van der Waals surface area (Å²) in [6, 6.07) is 11.6. The first-order chi connectivity index (χ1) is 15.0. The van der Waals surface area contributed by atoms with Crippen LogP contribution < -0.4 is 0 Å². The van der Waals surface area contributed by atoms with Gasteiger partial charge in [0.2, 0.25) is 5.91 Å². The van der Waals surface area contributed by atoms with E-state index in [9.17, 15) is 22.8 Å². The quantitative estimate of drug-likeness (QED) is 0.717. The maximum Gasteiger partial charge on any atom is 0.490 e. The number of para-hydroxylation sites is 1. The number of amides is 2. The summed E-state index contributed by atoms with van der Waals surface area (Å²) in [6.07, 6.45) is -0.664. The molecule has 1 N–H and O–H groups in total. The summed E-state index contributed by atoms with van der Waals surface area (Å²) in [5, 5.41) is 8.16. The predicted octanol–water partition coefficient (Wildman–Crippen LogP) is 3.49. The van der Waals surface area contributed by atoms with Gasteiger partial charge in [0.25, 0.3) is 5.91 Å². The molecule has 172 valence electrons. The molecule has 2 aliphatic heterocycles. The van der Waals surface area contributed by atoms with E-state index in [1.165, 1.54) is 0 Å². The topological polar surface area (TPSA) is 90.8 Å². The van der Waals surface area contributed by atoms with Gasteiger partial charge in [-0.25, -0.2) is 9.78 Å². The molecule has 0 aliphatic carbocycles. The van der Waals surface area contributed by atoms with Crippen LogP contribution in [0.3, 0.4) is 0 Å². The minimum Gasteiger partial charge on any atom is -0.475 e. The number of carboxylic acids is 1. The molecule has 0 radical (unpaired) electrons. The first kappa shape index (κ1) is 23.5. The zero-order valence-corrected chi connectivity index (χ0v) is 17.6. The molecule has 1 aromatic carbocycles. The third-order valence-corrected chi connectivity index (χ3v) is 6.02. The van der Waals surface area contributed by atoms with Gasteiger partial charge in [-0.05, 0) is 37.8 Å². The van der Waals surface area contributed by atoms with Crippen molar-refractivity contribution in [3.05, 3.63) is 42.1 Å². The van der Waals surface area contributed by atoms with Gasteiger partial charge in [0.05, 0.1) is 11.1 Å². The molecule has 1 unspecified atom stereocenters. The number of rotatable bonds is 1. The second-order valence-electron chi connectivity index (χ2n) is 8.05. The van der Waals surface area contributed by atoms with Gasteiger partial charge in [0.15, 0.2) is 0 Å². The van der Waals surface area contributed by atoms with Gasteiger partial charge in [0, 0.05) is 31.9 Å². The molecule has 7 nitrogen and oxygen atoms in total. The summed E-state index contributed by atoms with van der Waals surface area (Å²) in [6.45, 7) is 1.35. The number of carbonyl (C=O) groups is 3. The van der Waals surface area contributed by atoms with E-state index in [-0.39, 0.29) is 17.4 Å². The molecule has 2 aromatic rings. The van der Waals surface area contributed by atoms with Crippen molar-refractivity contribution in [3.8, 4) is 0 Å². The number of aromatic nitrogens is 1. The van der Waals surface area contributed by atoms with Crippen molar-refractivity contribution in [1.29, 1.82) is 0 Å². The molecule has 2 saturated heterocycles. The SMILES string of the molecule is CN1C(=O)CCCC12CCCN(C(=O)c1ccc3ccccc3n1)C2.O=C(O)C(F)(F)F. The van der Waals surface area contributed by atoms with Crippen LogP contribution in [0.25, 0.3) is 10.9 Å². The highest BCUT2D eigenvalue weighted by molar-refractivity contribution is 5.95. The van der Waals surface area contributed by atoms with Crippen LogP contribution in [0.2, 0.25) is 0 Å². The zero-order chi connectivity index (χ0) is 23.5. The number of alkyl halides is 3. The summed E-state index contributed by atoms with van der Waals surface area (Å²) >= 11 is 0. The van der Waals surface area contributed by atoms with E-state index in [1.54, 1.807) is 0 Å². The number of likely N-dealkylation sites (tertiary alicyclic amines) is 2. The van der Waals surface area contributed by atoms with Crippen LogP contribution in [0.15, 0.2) is 36.4 Å². The van der Waals surface area contributed by atoms with Gasteiger partial charge in [-0.1, -0.05) is 24.3 Å². The van der Waals surface area contributed by atoms with Crippen molar-refractivity contribution in [3.63, 3.8) is 0 Å². The Balaban J connectivity index is 0.000000360. The highest BCUT2D eigenvalue weighted by Crippen LogP contribution is 2.36. The Morgan fingerprint density at radius 2 is 1.75 bits per heavy atom. The van der Waals surface area contributed by atoms with Gasteiger partial charge in [-0.15, -0.1) is 0 Å². The number of hydrogen-bond donors (Lipinski definition) is 1. The average molecular weight is 451 g/mol. The Labute approximate surface area is 182 Å². The number of benzene rings is 1. The Bertz CT molecular complexity index is 1020. The summed E-state index contributed by atoms with van der Waals surface area (Å²) in [5.41, 5.74) is 1.13. The Hall–Kier alpha value is -3.17. The van der Waals surface area contributed by atoms with E-state index >= 15 is 0 Å².